The maximum atomic E-state index is 6.23. The lowest BCUT2D eigenvalue weighted by Crippen LogP contribution is -2.04. The van der Waals surface area contributed by atoms with Crippen LogP contribution in [0.5, 0.6) is 0 Å². The third kappa shape index (κ3) is 2.50. The zero-order valence-corrected chi connectivity index (χ0v) is 12.2. The summed E-state index contributed by atoms with van der Waals surface area (Å²) < 4.78 is 8.45. The molecule has 20 heavy (non-hydrogen) atoms. The topological polar surface area (TPSA) is 75.6 Å². The van der Waals surface area contributed by atoms with E-state index in [1.165, 1.54) is 0 Å². The van der Waals surface area contributed by atoms with Gasteiger partial charge in [0.25, 0.3) is 0 Å². The Kier molecular flexibility index (Phi) is 3.62. The second kappa shape index (κ2) is 5.56. The fraction of sp³-hybridized carbons (Fsp3) is 0.167. The number of aromatic nitrogens is 4. The third-order valence-corrected chi connectivity index (χ3v) is 3.48. The molecule has 3 aromatic rings. The molecule has 0 bridgehead atoms. The predicted molar refractivity (Wildman–Crippen MR) is 81.9 cm³/mol. The van der Waals surface area contributed by atoms with Gasteiger partial charge in [0.05, 0.1) is 22.4 Å². The van der Waals surface area contributed by atoms with Crippen LogP contribution in [0.3, 0.4) is 0 Å². The van der Waals surface area contributed by atoms with Crippen LogP contribution in [-0.4, -0.2) is 25.3 Å². The first-order chi connectivity index (χ1) is 9.78. The summed E-state index contributed by atoms with van der Waals surface area (Å²) >= 11 is 7.38. The van der Waals surface area contributed by atoms with Crippen molar-refractivity contribution in [3.8, 4) is 0 Å². The van der Waals surface area contributed by atoms with Gasteiger partial charge in [-0.2, -0.15) is 13.7 Å². The standard InChI is InChI=1S/C12H11ClN6S/c1-2-14-12-15-6-5-9(17-12)16-10-7(13)3-4-8-11(10)19-20-18-8/h3-6H,2H2,1H3,(H2,14,15,16,17). The summed E-state index contributed by atoms with van der Waals surface area (Å²) in [4.78, 5) is 8.48. The average molecular weight is 307 g/mol. The fourth-order valence-corrected chi connectivity index (χ4v) is 2.49. The van der Waals surface area contributed by atoms with Crippen molar-refractivity contribution in [1.29, 1.82) is 0 Å². The van der Waals surface area contributed by atoms with Gasteiger partial charge in [0, 0.05) is 12.7 Å². The van der Waals surface area contributed by atoms with Crippen LogP contribution in [0.2, 0.25) is 5.02 Å². The summed E-state index contributed by atoms with van der Waals surface area (Å²) in [5, 5.41) is 6.82. The largest absolute Gasteiger partial charge is 0.354 e. The number of fused-ring (bicyclic) bond motifs is 1. The lowest BCUT2D eigenvalue weighted by molar-refractivity contribution is 1.09. The summed E-state index contributed by atoms with van der Waals surface area (Å²) in [7, 11) is 0. The van der Waals surface area contributed by atoms with Crippen molar-refractivity contribution in [2.75, 3.05) is 17.2 Å². The van der Waals surface area contributed by atoms with Crippen molar-refractivity contribution in [2.45, 2.75) is 6.92 Å². The highest BCUT2D eigenvalue weighted by molar-refractivity contribution is 7.00. The van der Waals surface area contributed by atoms with Gasteiger partial charge in [0.1, 0.15) is 16.9 Å². The van der Waals surface area contributed by atoms with E-state index in [1.807, 2.05) is 13.0 Å². The van der Waals surface area contributed by atoms with Gasteiger partial charge in [0.15, 0.2) is 0 Å². The molecule has 0 radical (unpaired) electrons. The lowest BCUT2D eigenvalue weighted by atomic mass is 10.2. The molecule has 0 spiro atoms. The Morgan fingerprint density at radius 3 is 3.00 bits per heavy atom. The van der Waals surface area contributed by atoms with Gasteiger partial charge in [-0.3, -0.25) is 0 Å². The molecular weight excluding hydrogens is 296 g/mol. The molecule has 0 saturated heterocycles. The maximum Gasteiger partial charge on any atom is 0.224 e. The zero-order chi connectivity index (χ0) is 13.9. The van der Waals surface area contributed by atoms with E-state index in [2.05, 4.69) is 29.3 Å². The second-order valence-corrected chi connectivity index (χ2v) is 4.91. The van der Waals surface area contributed by atoms with Crippen LogP contribution >= 0.6 is 23.3 Å². The maximum absolute atomic E-state index is 6.23. The molecule has 1 aromatic carbocycles. The summed E-state index contributed by atoms with van der Waals surface area (Å²) in [5.41, 5.74) is 2.26. The first-order valence-electron chi connectivity index (χ1n) is 6.02. The van der Waals surface area contributed by atoms with Gasteiger partial charge in [-0.15, -0.1) is 0 Å². The minimum absolute atomic E-state index is 0.567. The van der Waals surface area contributed by atoms with Crippen molar-refractivity contribution in [2.24, 2.45) is 0 Å². The second-order valence-electron chi connectivity index (χ2n) is 3.98. The number of benzene rings is 1. The fourth-order valence-electron chi connectivity index (χ4n) is 1.75. The smallest absolute Gasteiger partial charge is 0.224 e. The first kappa shape index (κ1) is 13.0. The van der Waals surface area contributed by atoms with Crippen molar-refractivity contribution >= 4 is 51.8 Å². The molecule has 0 unspecified atom stereocenters. The number of hydrogen-bond acceptors (Lipinski definition) is 7. The third-order valence-electron chi connectivity index (χ3n) is 2.62. The molecule has 8 heteroatoms. The Morgan fingerprint density at radius 1 is 1.25 bits per heavy atom. The van der Waals surface area contributed by atoms with Crippen molar-refractivity contribution in [3.05, 3.63) is 29.4 Å². The van der Waals surface area contributed by atoms with Gasteiger partial charge in [-0.25, -0.2) is 4.98 Å². The molecule has 0 aliphatic carbocycles. The highest BCUT2D eigenvalue weighted by Crippen LogP contribution is 2.31. The Bertz CT molecular complexity index is 744. The van der Waals surface area contributed by atoms with Gasteiger partial charge < -0.3 is 10.6 Å². The first-order valence-corrected chi connectivity index (χ1v) is 7.13. The van der Waals surface area contributed by atoms with E-state index < -0.39 is 0 Å². The average Bonchev–Trinajstić information content (AvgIpc) is 2.91. The Morgan fingerprint density at radius 2 is 2.15 bits per heavy atom. The molecule has 6 nitrogen and oxygen atoms in total. The molecule has 0 aliphatic rings. The van der Waals surface area contributed by atoms with Crippen molar-refractivity contribution in [3.63, 3.8) is 0 Å². The molecule has 102 valence electrons. The quantitative estimate of drug-likeness (QED) is 0.770. The lowest BCUT2D eigenvalue weighted by Gasteiger charge is -2.09. The molecule has 0 aliphatic heterocycles. The Balaban J connectivity index is 1.98. The minimum atomic E-state index is 0.567. The summed E-state index contributed by atoms with van der Waals surface area (Å²) in [6.45, 7) is 2.75. The van der Waals surface area contributed by atoms with Crippen LogP contribution < -0.4 is 10.6 Å². The number of halogens is 1. The van der Waals surface area contributed by atoms with E-state index in [-0.39, 0.29) is 0 Å². The minimum Gasteiger partial charge on any atom is -0.354 e. The molecule has 0 atom stereocenters. The molecule has 2 N–H and O–H groups in total. The van der Waals surface area contributed by atoms with Crippen molar-refractivity contribution < 1.29 is 0 Å². The summed E-state index contributed by atoms with van der Waals surface area (Å²) in [6, 6.07) is 5.41. The van der Waals surface area contributed by atoms with E-state index in [1.54, 1.807) is 18.3 Å². The van der Waals surface area contributed by atoms with Crippen LogP contribution in [0.25, 0.3) is 11.0 Å². The SMILES string of the molecule is CCNc1nccc(Nc2c(Cl)ccc3nsnc23)n1. The van der Waals surface area contributed by atoms with Gasteiger partial charge >= 0.3 is 0 Å². The molecule has 0 amide bonds. The summed E-state index contributed by atoms with van der Waals surface area (Å²) in [6.07, 6.45) is 1.68. The molecule has 3 rings (SSSR count). The number of anilines is 3. The van der Waals surface area contributed by atoms with E-state index in [9.17, 15) is 0 Å². The van der Waals surface area contributed by atoms with Crippen LogP contribution in [0.4, 0.5) is 17.5 Å². The summed E-state index contributed by atoms with van der Waals surface area (Å²) in [5.74, 6) is 1.22. The highest BCUT2D eigenvalue weighted by Gasteiger charge is 2.11. The number of nitrogens with one attached hydrogen (secondary N) is 2. The number of hydrogen-bond donors (Lipinski definition) is 2. The van der Waals surface area contributed by atoms with E-state index in [4.69, 9.17) is 11.6 Å². The van der Waals surface area contributed by atoms with Crippen LogP contribution in [-0.2, 0) is 0 Å². The molecule has 2 heterocycles. The number of nitrogens with zero attached hydrogens (tertiary/aromatic N) is 4. The van der Waals surface area contributed by atoms with Crippen molar-refractivity contribution in [1.82, 2.24) is 18.7 Å². The Hall–Kier alpha value is -1.99. The van der Waals surface area contributed by atoms with Crippen LogP contribution in [0, 0.1) is 0 Å². The van der Waals surface area contributed by atoms with Gasteiger partial charge in [0.2, 0.25) is 5.95 Å². The monoisotopic (exact) mass is 306 g/mol. The Labute approximate surface area is 124 Å². The normalized spacial score (nSPS) is 10.7. The van der Waals surface area contributed by atoms with E-state index in [0.29, 0.717) is 22.5 Å². The highest BCUT2D eigenvalue weighted by atomic mass is 35.5. The number of rotatable bonds is 4. The van der Waals surface area contributed by atoms with Crippen LogP contribution in [0.1, 0.15) is 6.92 Å². The molecule has 0 saturated carbocycles. The molecule has 0 fully saturated rings. The molecular formula is C12H11ClN6S. The predicted octanol–water partition coefficient (Wildman–Crippen LogP) is 3.31. The van der Waals surface area contributed by atoms with E-state index >= 15 is 0 Å². The molecule has 2 aromatic heterocycles. The van der Waals surface area contributed by atoms with E-state index in [0.717, 1.165) is 29.3 Å². The van der Waals surface area contributed by atoms with Gasteiger partial charge in [-0.1, -0.05) is 11.6 Å². The zero-order valence-electron chi connectivity index (χ0n) is 10.6. The van der Waals surface area contributed by atoms with Crippen LogP contribution in [0.15, 0.2) is 24.4 Å². The van der Waals surface area contributed by atoms with Gasteiger partial charge in [-0.05, 0) is 25.1 Å².